The number of sulfonamides is 1. The first-order valence-corrected chi connectivity index (χ1v) is 12.7. The van der Waals surface area contributed by atoms with Crippen molar-refractivity contribution in [3.05, 3.63) is 83.2 Å². The normalized spacial score (nSPS) is 18.9. The molecule has 1 aromatic heterocycles. The maximum absolute atomic E-state index is 13.2. The third-order valence-corrected chi connectivity index (χ3v) is 7.69. The van der Waals surface area contributed by atoms with Crippen molar-refractivity contribution in [3.8, 4) is 0 Å². The zero-order chi connectivity index (χ0) is 24.1. The van der Waals surface area contributed by atoms with Crippen LogP contribution in [0.1, 0.15) is 22.4 Å². The summed E-state index contributed by atoms with van der Waals surface area (Å²) in [4.78, 5) is 14.7. The van der Waals surface area contributed by atoms with Gasteiger partial charge in [-0.05, 0) is 18.1 Å². The molecule has 1 unspecified atom stereocenters. The molecule has 1 atom stereocenters. The number of hydrogen-bond acceptors (Lipinski definition) is 7. The van der Waals surface area contributed by atoms with Crippen molar-refractivity contribution in [2.75, 3.05) is 26.0 Å². The molecule has 0 aliphatic carbocycles. The molecule has 4 rings (SSSR count). The van der Waals surface area contributed by atoms with Crippen molar-refractivity contribution < 1.29 is 17.9 Å². The van der Waals surface area contributed by atoms with Gasteiger partial charge in [0, 0.05) is 19.6 Å². The SMILES string of the molecule is COC(=O)C1CN(Cc2ccccc2)CCS(=O)(=O)N1Cc1cn(Cc2ccc(C)cc2)nn1. The molecule has 2 aromatic carbocycles. The van der Waals surface area contributed by atoms with Crippen molar-refractivity contribution in [3.63, 3.8) is 0 Å². The summed E-state index contributed by atoms with van der Waals surface area (Å²) in [6.07, 6.45) is 1.72. The van der Waals surface area contributed by atoms with Crippen molar-refractivity contribution in [1.82, 2.24) is 24.2 Å². The largest absolute Gasteiger partial charge is 0.468 e. The van der Waals surface area contributed by atoms with Gasteiger partial charge in [0.25, 0.3) is 0 Å². The van der Waals surface area contributed by atoms with Gasteiger partial charge in [-0.25, -0.2) is 13.1 Å². The molecule has 9 nitrogen and oxygen atoms in total. The number of carbonyl (C=O) groups excluding carboxylic acids is 1. The van der Waals surface area contributed by atoms with Crippen LogP contribution >= 0.6 is 0 Å². The Labute approximate surface area is 200 Å². The Morgan fingerprint density at radius 1 is 1.03 bits per heavy atom. The number of aromatic nitrogens is 3. The average molecular weight is 484 g/mol. The summed E-state index contributed by atoms with van der Waals surface area (Å²) in [6.45, 7) is 3.60. The molecule has 0 N–H and O–H groups in total. The second-order valence-electron chi connectivity index (χ2n) is 8.51. The third-order valence-electron chi connectivity index (χ3n) is 5.89. The minimum atomic E-state index is -3.73. The quantitative estimate of drug-likeness (QED) is 0.473. The number of esters is 1. The molecular formula is C24H29N5O4S. The number of methoxy groups -OCH3 is 1. The minimum absolute atomic E-state index is 0.0465. The summed E-state index contributed by atoms with van der Waals surface area (Å²) in [5, 5.41) is 8.32. The van der Waals surface area contributed by atoms with Crippen LogP contribution in [0.2, 0.25) is 0 Å². The maximum atomic E-state index is 13.2. The molecule has 180 valence electrons. The highest BCUT2D eigenvalue weighted by Crippen LogP contribution is 2.20. The molecule has 2 heterocycles. The fourth-order valence-electron chi connectivity index (χ4n) is 4.03. The van der Waals surface area contributed by atoms with Gasteiger partial charge in [-0.1, -0.05) is 65.4 Å². The molecule has 10 heteroatoms. The second kappa shape index (κ2) is 10.5. The number of hydrogen-bond donors (Lipinski definition) is 0. The molecule has 3 aromatic rings. The summed E-state index contributed by atoms with van der Waals surface area (Å²) in [6, 6.07) is 16.9. The highest BCUT2D eigenvalue weighted by atomic mass is 32.2. The van der Waals surface area contributed by atoms with E-state index in [0.29, 0.717) is 25.3 Å². The number of nitrogens with zero attached hydrogens (tertiary/aromatic N) is 5. The molecule has 0 bridgehead atoms. The maximum Gasteiger partial charge on any atom is 0.325 e. The Kier molecular flexibility index (Phi) is 7.40. The first kappa shape index (κ1) is 24.1. The Morgan fingerprint density at radius 3 is 2.44 bits per heavy atom. The highest BCUT2D eigenvalue weighted by Gasteiger charge is 2.40. The Balaban J connectivity index is 1.53. The molecule has 0 radical (unpaired) electrons. The van der Waals surface area contributed by atoms with Gasteiger partial charge in [0.2, 0.25) is 10.0 Å². The van der Waals surface area contributed by atoms with Crippen LogP contribution in [0.4, 0.5) is 0 Å². The van der Waals surface area contributed by atoms with E-state index >= 15 is 0 Å². The van der Waals surface area contributed by atoms with Crippen LogP contribution in [0.3, 0.4) is 0 Å². The van der Waals surface area contributed by atoms with Gasteiger partial charge in [-0.15, -0.1) is 5.10 Å². The van der Waals surface area contributed by atoms with E-state index in [-0.39, 0.29) is 18.8 Å². The first-order chi connectivity index (χ1) is 16.3. The molecule has 1 saturated heterocycles. The lowest BCUT2D eigenvalue weighted by molar-refractivity contribution is -0.145. The zero-order valence-corrected chi connectivity index (χ0v) is 20.2. The van der Waals surface area contributed by atoms with E-state index in [1.165, 1.54) is 17.0 Å². The lowest BCUT2D eigenvalue weighted by Gasteiger charge is -2.28. The van der Waals surface area contributed by atoms with E-state index in [1.54, 1.807) is 10.9 Å². The second-order valence-corrected chi connectivity index (χ2v) is 10.6. The topological polar surface area (TPSA) is 97.6 Å². The lowest BCUT2D eigenvalue weighted by Crippen LogP contribution is -2.48. The van der Waals surface area contributed by atoms with Gasteiger partial charge in [0.05, 0.1) is 37.8 Å². The Bertz CT molecular complexity index is 1210. The van der Waals surface area contributed by atoms with E-state index in [1.807, 2.05) is 66.4 Å². The fraction of sp³-hybridized carbons (Fsp3) is 0.375. The van der Waals surface area contributed by atoms with Crippen LogP contribution < -0.4 is 0 Å². The van der Waals surface area contributed by atoms with Gasteiger partial charge in [0.15, 0.2) is 0 Å². The van der Waals surface area contributed by atoms with E-state index in [0.717, 1.165) is 11.1 Å². The molecule has 0 spiro atoms. The van der Waals surface area contributed by atoms with Crippen molar-refractivity contribution in [1.29, 1.82) is 0 Å². The van der Waals surface area contributed by atoms with Gasteiger partial charge >= 0.3 is 5.97 Å². The summed E-state index contributed by atoms with van der Waals surface area (Å²) >= 11 is 0. The smallest absolute Gasteiger partial charge is 0.325 e. The van der Waals surface area contributed by atoms with Gasteiger partial charge < -0.3 is 4.74 Å². The Morgan fingerprint density at radius 2 is 1.74 bits per heavy atom. The standard InChI is InChI=1S/C24H29N5O4S/c1-19-8-10-21(11-9-19)15-28-16-22(25-26-28)17-29-23(24(30)33-2)18-27(12-13-34(29,31)32)14-20-6-4-3-5-7-20/h3-11,16,23H,12-15,17-18H2,1-2H3. The van der Waals surface area contributed by atoms with Crippen LogP contribution in [-0.4, -0.2) is 70.6 Å². The molecular weight excluding hydrogens is 454 g/mol. The van der Waals surface area contributed by atoms with Crippen LogP contribution in [0, 0.1) is 6.92 Å². The highest BCUT2D eigenvalue weighted by molar-refractivity contribution is 7.89. The van der Waals surface area contributed by atoms with Crippen LogP contribution in [0.5, 0.6) is 0 Å². The molecule has 1 aliphatic rings. The summed E-state index contributed by atoms with van der Waals surface area (Å²) in [7, 11) is -2.45. The van der Waals surface area contributed by atoms with E-state index in [2.05, 4.69) is 10.3 Å². The van der Waals surface area contributed by atoms with E-state index in [9.17, 15) is 13.2 Å². The summed E-state index contributed by atoms with van der Waals surface area (Å²) < 4.78 is 34.3. The predicted octanol–water partition coefficient (Wildman–Crippen LogP) is 1.82. The predicted molar refractivity (Wildman–Crippen MR) is 127 cm³/mol. The van der Waals surface area contributed by atoms with Crippen molar-refractivity contribution in [2.45, 2.75) is 32.6 Å². The molecule has 1 fully saturated rings. The Hall–Kier alpha value is -3.08. The minimum Gasteiger partial charge on any atom is -0.468 e. The average Bonchev–Trinajstić information content (AvgIpc) is 3.23. The van der Waals surface area contributed by atoms with Crippen molar-refractivity contribution >= 4 is 16.0 Å². The monoisotopic (exact) mass is 483 g/mol. The van der Waals surface area contributed by atoms with Crippen LogP contribution in [0.15, 0.2) is 60.8 Å². The number of carbonyl (C=O) groups is 1. The number of ether oxygens (including phenoxy) is 1. The number of benzene rings is 2. The molecule has 0 saturated carbocycles. The van der Waals surface area contributed by atoms with E-state index in [4.69, 9.17) is 4.74 Å². The molecule has 1 aliphatic heterocycles. The fourth-order valence-corrected chi connectivity index (χ4v) is 5.63. The zero-order valence-electron chi connectivity index (χ0n) is 19.4. The van der Waals surface area contributed by atoms with Crippen LogP contribution in [-0.2, 0) is 39.2 Å². The van der Waals surface area contributed by atoms with Gasteiger partial charge in [-0.3, -0.25) is 9.69 Å². The van der Waals surface area contributed by atoms with E-state index < -0.39 is 22.0 Å². The van der Waals surface area contributed by atoms with Crippen molar-refractivity contribution in [2.24, 2.45) is 0 Å². The van der Waals surface area contributed by atoms with Gasteiger partial charge in [-0.2, -0.15) is 4.31 Å². The first-order valence-electron chi connectivity index (χ1n) is 11.1. The third kappa shape index (κ3) is 5.88. The summed E-state index contributed by atoms with van der Waals surface area (Å²) in [5.41, 5.74) is 3.76. The number of aryl methyl sites for hydroxylation is 1. The summed E-state index contributed by atoms with van der Waals surface area (Å²) in [5.74, 6) is -0.680. The lowest BCUT2D eigenvalue weighted by atomic mass is 10.1. The molecule has 0 amide bonds. The van der Waals surface area contributed by atoms with Gasteiger partial charge in [0.1, 0.15) is 6.04 Å². The number of rotatable bonds is 7. The van der Waals surface area contributed by atoms with Crippen LogP contribution in [0.25, 0.3) is 0 Å². The molecule has 34 heavy (non-hydrogen) atoms.